The molecular weight excluding hydrogens is 238 g/mol. The Hall–Kier alpha value is -1.81. The predicted molar refractivity (Wildman–Crippen MR) is 75.2 cm³/mol. The van der Waals surface area contributed by atoms with Gasteiger partial charge in [0.1, 0.15) is 17.7 Å². The topological polar surface area (TPSA) is 41.1 Å². The van der Waals surface area contributed by atoms with Crippen LogP contribution in [0.1, 0.15) is 12.8 Å². The number of hydrogen-bond donors (Lipinski definition) is 1. The van der Waals surface area contributed by atoms with Crippen LogP contribution in [0.4, 0.5) is 0 Å². The van der Waals surface area contributed by atoms with Crippen LogP contribution in [0.25, 0.3) is 11.4 Å². The number of hydrogen-bond acceptors (Lipinski definition) is 3. The first-order chi connectivity index (χ1) is 9.31. The Labute approximate surface area is 113 Å². The van der Waals surface area contributed by atoms with Crippen molar-refractivity contribution in [1.82, 2.24) is 14.9 Å². The number of rotatable bonds is 3. The molecule has 100 valence electrons. The summed E-state index contributed by atoms with van der Waals surface area (Å²) in [6.45, 7) is 2.24. The molecule has 1 aliphatic rings. The van der Waals surface area contributed by atoms with E-state index in [1.165, 1.54) is 0 Å². The summed E-state index contributed by atoms with van der Waals surface area (Å²) in [6, 6.07) is 8.14. The number of nitrogens with one attached hydrogen (secondary N) is 1. The second-order valence-corrected chi connectivity index (χ2v) is 5.08. The molecule has 0 aliphatic carbocycles. The third kappa shape index (κ3) is 2.96. The second-order valence-electron chi connectivity index (χ2n) is 5.08. The number of benzene rings is 1. The predicted octanol–water partition coefficient (Wildman–Crippen LogP) is 2.55. The average Bonchev–Trinajstić information content (AvgIpc) is 2.96. The molecule has 0 saturated carbocycles. The minimum Gasteiger partial charge on any atom is -0.490 e. The lowest BCUT2D eigenvalue weighted by Crippen LogP contribution is -2.35. The molecule has 3 rings (SSSR count). The highest BCUT2D eigenvalue weighted by Gasteiger charge is 2.17. The number of aromatic nitrogens is 2. The second kappa shape index (κ2) is 5.45. The molecule has 0 amide bonds. The molecule has 4 heteroatoms. The van der Waals surface area contributed by atoms with E-state index in [-0.39, 0.29) is 0 Å². The Morgan fingerprint density at radius 1 is 1.21 bits per heavy atom. The van der Waals surface area contributed by atoms with Gasteiger partial charge in [0.15, 0.2) is 0 Å². The third-order valence-corrected chi connectivity index (χ3v) is 3.59. The van der Waals surface area contributed by atoms with E-state index in [4.69, 9.17) is 4.74 Å². The largest absolute Gasteiger partial charge is 0.490 e. The molecular formula is C15H19N3O. The summed E-state index contributed by atoms with van der Waals surface area (Å²) in [5.74, 6) is 1.84. The van der Waals surface area contributed by atoms with Crippen molar-refractivity contribution in [1.29, 1.82) is 0 Å². The molecule has 1 fully saturated rings. The van der Waals surface area contributed by atoms with Gasteiger partial charge in [-0.2, -0.15) is 0 Å². The molecule has 0 unspecified atom stereocenters. The van der Waals surface area contributed by atoms with Gasteiger partial charge in [-0.15, -0.1) is 0 Å². The zero-order chi connectivity index (χ0) is 13.1. The van der Waals surface area contributed by atoms with Crippen LogP contribution in [0.2, 0.25) is 0 Å². The Morgan fingerprint density at radius 2 is 1.95 bits per heavy atom. The summed E-state index contributed by atoms with van der Waals surface area (Å²) in [5.41, 5.74) is 1.08. The smallest absolute Gasteiger partial charge is 0.137 e. The molecule has 1 aromatic heterocycles. The Morgan fingerprint density at radius 3 is 2.58 bits per heavy atom. The summed E-state index contributed by atoms with van der Waals surface area (Å²) >= 11 is 0. The summed E-state index contributed by atoms with van der Waals surface area (Å²) in [5, 5.41) is 0. The normalized spacial score (nSPS) is 17.5. The zero-order valence-electron chi connectivity index (χ0n) is 11.2. The van der Waals surface area contributed by atoms with E-state index in [1.807, 2.05) is 30.5 Å². The first kappa shape index (κ1) is 12.2. The van der Waals surface area contributed by atoms with Crippen LogP contribution in [-0.4, -0.2) is 41.1 Å². The fourth-order valence-corrected chi connectivity index (χ4v) is 2.41. The fourth-order valence-electron chi connectivity index (χ4n) is 2.41. The molecule has 0 bridgehead atoms. The van der Waals surface area contributed by atoms with Crippen LogP contribution in [0.15, 0.2) is 36.7 Å². The number of ether oxygens (including phenoxy) is 1. The molecule has 1 N–H and O–H groups in total. The van der Waals surface area contributed by atoms with E-state index < -0.39 is 0 Å². The number of aromatic amines is 1. The van der Waals surface area contributed by atoms with Crippen molar-refractivity contribution < 1.29 is 4.74 Å². The molecule has 1 aromatic carbocycles. The van der Waals surface area contributed by atoms with E-state index in [0.29, 0.717) is 6.10 Å². The minimum atomic E-state index is 0.352. The summed E-state index contributed by atoms with van der Waals surface area (Å²) in [4.78, 5) is 9.69. The maximum Gasteiger partial charge on any atom is 0.137 e. The maximum atomic E-state index is 6.02. The highest BCUT2D eigenvalue weighted by Crippen LogP contribution is 2.22. The van der Waals surface area contributed by atoms with Gasteiger partial charge < -0.3 is 14.6 Å². The average molecular weight is 257 g/mol. The molecule has 1 saturated heterocycles. The zero-order valence-corrected chi connectivity index (χ0v) is 11.2. The SMILES string of the molecule is CN1CCC(Oc2ccc(-c3ncc[nH]3)cc2)CC1. The van der Waals surface area contributed by atoms with Crippen LogP contribution in [0, 0.1) is 0 Å². The van der Waals surface area contributed by atoms with Gasteiger partial charge >= 0.3 is 0 Å². The first-order valence-electron chi connectivity index (χ1n) is 6.76. The van der Waals surface area contributed by atoms with Crippen LogP contribution >= 0.6 is 0 Å². The quantitative estimate of drug-likeness (QED) is 0.918. The number of nitrogens with zero attached hydrogens (tertiary/aromatic N) is 2. The molecule has 2 heterocycles. The van der Waals surface area contributed by atoms with Crippen molar-refractivity contribution in [3.8, 4) is 17.1 Å². The third-order valence-electron chi connectivity index (χ3n) is 3.59. The Balaban J connectivity index is 1.63. The highest BCUT2D eigenvalue weighted by atomic mass is 16.5. The lowest BCUT2D eigenvalue weighted by molar-refractivity contribution is 0.114. The highest BCUT2D eigenvalue weighted by molar-refractivity contribution is 5.55. The van der Waals surface area contributed by atoms with Crippen LogP contribution in [-0.2, 0) is 0 Å². The molecule has 4 nitrogen and oxygen atoms in total. The van der Waals surface area contributed by atoms with Crippen LogP contribution in [0.5, 0.6) is 5.75 Å². The maximum absolute atomic E-state index is 6.02. The van der Waals surface area contributed by atoms with E-state index >= 15 is 0 Å². The van der Waals surface area contributed by atoms with E-state index in [9.17, 15) is 0 Å². The summed E-state index contributed by atoms with van der Waals surface area (Å²) < 4.78 is 6.02. The van der Waals surface area contributed by atoms with E-state index in [1.54, 1.807) is 6.20 Å². The molecule has 0 radical (unpaired) electrons. The number of H-pyrrole nitrogens is 1. The van der Waals surface area contributed by atoms with Crippen molar-refractivity contribution >= 4 is 0 Å². The monoisotopic (exact) mass is 257 g/mol. The van der Waals surface area contributed by atoms with E-state index in [0.717, 1.165) is 43.1 Å². The Bertz CT molecular complexity index is 499. The van der Waals surface area contributed by atoms with Crippen molar-refractivity contribution in [3.05, 3.63) is 36.7 Å². The number of imidazole rings is 1. The van der Waals surface area contributed by atoms with Gasteiger partial charge in [0.25, 0.3) is 0 Å². The molecule has 2 aromatic rings. The lowest BCUT2D eigenvalue weighted by Gasteiger charge is -2.29. The van der Waals surface area contributed by atoms with Crippen molar-refractivity contribution in [2.24, 2.45) is 0 Å². The molecule has 1 aliphatic heterocycles. The van der Waals surface area contributed by atoms with Gasteiger partial charge in [-0.25, -0.2) is 4.98 Å². The molecule has 0 spiro atoms. The Kier molecular flexibility index (Phi) is 3.51. The van der Waals surface area contributed by atoms with Gasteiger partial charge in [0.2, 0.25) is 0 Å². The van der Waals surface area contributed by atoms with Crippen molar-refractivity contribution in [3.63, 3.8) is 0 Å². The molecule has 19 heavy (non-hydrogen) atoms. The first-order valence-corrected chi connectivity index (χ1v) is 6.76. The van der Waals surface area contributed by atoms with Crippen LogP contribution in [0.3, 0.4) is 0 Å². The van der Waals surface area contributed by atoms with Crippen molar-refractivity contribution in [2.45, 2.75) is 18.9 Å². The van der Waals surface area contributed by atoms with Gasteiger partial charge in [0, 0.05) is 31.0 Å². The van der Waals surface area contributed by atoms with Gasteiger partial charge in [-0.05, 0) is 44.2 Å². The minimum absolute atomic E-state index is 0.352. The lowest BCUT2D eigenvalue weighted by atomic mass is 10.1. The van der Waals surface area contributed by atoms with Crippen molar-refractivity contribution in [2.75, 3.05) is 20.1 Å². The summed E-state index contributed by atoms with van der Waals surface area (Å²) in [7, 11) is 2.16. The number of piperidine rings is 1. The van der Waals surface area contributed by atoms with Gasteiger partial charge in [-0.1, -0.05) is 0 Å². The van der Waals surface area contributed by atoms with Gasteiger partial charge in [0.05, 0.1) is 0 Å². The van der Waals surface area contributed by atoms with Gasteiger partial charge in [-0.3, -0.25) is 0 Å². The standard InChI is InChI=1S/C15H19N3O/c1-18-10-6-14(7-11-18)19-13-4-2-12(3-5-13)15-16-8-9-17-15/h2-5,8-9,14H,6-7,10-11H2,1H3,(H,16,17). The molecule has 0 atom stereocenters. The number of likely N-dealkylation sites (tertiary alicyclic amines) is 1. The summed E-state index contributed by atoms with van der Waals surface area (Å²) in [6.07, 6.45) is 6.16. The van der Waals surface area contributed by atoms with Crippen LogP contribution < -0.4 is 4.74 Å². The fraction of sp³-hybridized carbons (Fsp3) is 0.400. The van der Waals surface area contributed by atoms with E-state index in [2.05, 4.69) is 21.9 Å².